The van der Waals surface area contributed by atoms with Crippen molar-refractivity contribution in [1.82, 2.24) is 10.3 Å². The van der Waals surface area contributed by atoms with Crippen LogP contribution >= 0.6 is 0 Å². The molecule has 0 bridgehead atoms. The van der Waals surface area contributed by atoms with Gasteiger partial charge < -0.3 is 5.32 Å². The van der Waals surface area contributed by atoms with Crippen molar-refractivity contribution in [3.8, 4) is 0 Å². The van der Waals surface area contributed by atoms with Crippen LogP contribution in [0.25, 0.3) is 0 Å². The van der Waals surface area contributed by atoms with Crippen LogP contribution in [0.3, 0.4) is 0 Å². The summed E-state index contributed by atoms with van der Waals surface area (Å²) < 4.78 is 0. The lowest BCUT2D eigenvalue weighted by Crippen LogP contribution is -2.36. The number of carbonyl (C=O) groups is 1. The molecular formula is C24H26N4O. The van der Waals surface area contributed by atoms with Crippen molar-refractivity contribution < 1.29 is 4.79 Å². The normalized spacial score (nSPS) is 11.2. The maximum atomic E-state index is 12.8. The van der Waals surface area contributed by atoms with E-state index in [1.54, 1.807) is 12.4 Å². The standard InChI is InChI=1S/C24H26N4O/c1-4-19-9-11-21(12-10-19)23(29)28-24(26-16-20-6-5-13-25-15-20)27-22-14-17(2)7-8-18(22)3/h5-15H,4,16H2,1-3H3,(H2,26,27,28,29). The minimum absolute atomic E-state index is 0.199. The van der Waals surface area contributed by atoms with E-state index in [9.17, 15) is 4.79 Å². The molecule has 2 N–H and O–H groups in total. The van der Waals surface area contributed by atoms with Crippen molar-refractivity contribution in [2.75, 3.05) is 5.32 Å². The maximum Gasteiger partial charge on any atom is 0.257 e. The summed E-state index contributed by atoms with van der Waals surface area (Å²) in [6.45, 7) is 6.55. The molecule has 2 aromatic carbocycles. The van der Waals surface area contributed by atoms with Crippen LogP contribution in [0.4, 0.5) is 5.69 Å². The highest BCUT2D eigenvalue weighted by Crippen LogP contribution is 2.16. The van der Waals surface area contributed by atoms with Crippen molar-refractivity contribution in [3.05, 3.63) is 94.8 Å². The van der Waals surface area contributed by atoms with E-state index in [4.69, 9.17) is 0 Å². The molecule has 3 aromatic rings. The van der Waals surface area contributed by atoms with Gasteiger partial charge >= 0.3 is 0 Å². The number of aryl methyl sites for hydroxylation is 3. The van der Waals surface area contributed by atoms with Gasteiger partial charge in [0.1, 0.15) is 0 Å². The first-order valence-electron chi connectivity index (χ1n) is 9.73. The molecule has 1 aromatic heterocycles. The molecule has 0 fully saturated rings. The average Bonchev–Trinajstić information content (AvgIpc) is 2.75. The zero-order valence-electron chi connectivity index (χ0n) is 17.1. The molecule has 1 amide bonds. The van der Waals surface area contributed by atoms with Crippen LogP contribution in [0.2, 0.25) is 0 Å². The van der Waals surface area contributed by atoms with Crippen LogP contribution in [-0.4, -0.2) is 16.9 Å². The summed E-state index contributed by atoms with van der Waals surface area (Å²) in [6, 6.07) is 17.6. The minimum atomic E-state index is -0.199. The largest absolute Gasteiger partial charge is 0.326 e. The van der Waals surface area contributed by atoms with Crippen molar-refractivity contribution in [1.29, 1.82) is 0 Å². The fraction of sp³-hybridized carbons (Fsp3) is 0.208. The highest BCUT2D eigenvalue weighted by atomic mass is 16.1. The Labute approximate surface area is 171 Å². The van der Waals surface area contributed by atoms with Crippen molar-refractivity contribution in [2.45, 2.75) is 33.7 Å². The Morgan fingerprint density at radius 2 is 1.83 bits per heavy atom. The number of amides is 1. The van der Waals surface area contributed by atoms with Gasteiger partial charge in [-0.3, -0.25) is 15.1 Å². The van der Waals surface area contributed by atoms with Gasteiger partial charge in [-0.1, -0.05) is 37.3 Å². The molecule has 148 valence electrons. The molecular weight excluding hydrogens is 360 g/mol. The van der Waals surface area contributed by atoms with E-state index in [2.05, 4.69) is 33.6 Å². The smallest absolute Gasteiger partial charge is 0.257 e. The van der Waals surface area contributed by atoms with Gasteiger partial charge in [-0.05, 0) is 66.8 Å². The van der Waals surface area contributed by atoms with Crippen LogP contribution in [0.1, 0.15) is 39.5 Å². The van der Waals surface area contributed by atoms with E-state index in [0.717, 1.165) is 28.8 Å². The second-order valence-corrected chi connectivity index (χ2v) is 6.97. The molecule has 29 heavy (non-hydrogen) atoms. The number of hydrogen-bond acceptors (Lipinski definition) is 3. The molecule has 1 heterocycles. The monoisotopic (exact) mass is 386 g/mol. The van der Waals surface area contributed by atoms with Gasteiger partial charge in [0.25, 0.3) is 5.91 Å². The van der Waals surface area contributed by atoms with Crippen molar-refractivity contribution >= 4 is 17.6 Å². The Balaban J connectivity index is 1.82. The molecule has 0 spiro atoms. The lowest BCUT2D eigenvalue weighted by Gasteiger charge is -2.14. The van der Waals surface area contributed by atoms with Crippen LogP contribution in [0, 0.1) is 13.8 Å². The number of aromatic nitrogens is 1. The van der Waals surface area contributed by atoms with Gasteiger partial charge in [0, 0.05) is 23.6 Å². The van der Waals surface area contributed by atoms with E-state index in [-0.39, 0.29) is 5.91 Å². The maximum absolute atomic E-state index is 12.8. The Kier molecular flexibility index (Phi) is 6.74. The SMILES string of the molecule is CCc1ccc(C(=O)NC(=NCc2cccnc2)Nc2cc(C)ccc2C)cc1. The molecule has 0 aliphatic heterocycles. The Bertz CT molecular complexity index is 995. The first kappa shape index (κ1) is 20.3. The Hall–Kier alpha value is -3.47. The second-order valence-electron chi connectivity index (χ2n) is 6.97. The molecule has 0 unspecified atom stereocenters. The summed E-state index contributed by atoms with van der Waals surface area (Å²) in [4.78, 5) is 21.5. The van der Waals surface area contributed by atoms with Gasteiger partial charge in [0.15, 0.2) is 0 Å². The minimum Gasteiger partial charge on any atom is -0.326 e. The molecule has 0 atom stereocenters. The molecule has 5 nitrogen and oxygen atoms in total. The average molecular weight is 386 g/mol. The number of benzene rings is 2. The Morgan fingerprint density at radius 3 is 2.52 bits per heavy atom. The molecule has 0 aliphatic rings. The van der Waals surface area contributed by atoms with Gasteiger partial charge in [0.2, 0.25) is 5.96 Å². The fourth-order valence-electron chi connectivity index (χ4n) is 2.84. The number of pyridine rings is 1. The molecule has 0 saturated carbocycles. The highest BCUT2D eigenvalue weighted by molar-refractivity contribution is 6.10. The number of aliphatic imine (C=N–C) groups is 1. The molecule has 0 aliphatic carbocycles. The third-order valence-corrected chi connectivity index (χ3v) is 4.64. The predicted octanol–water partition coefficient (Wildman–Crippen LogP) is 4.66. The van der Waals surface area contributed by atoms with Crippen LogP contribution in [-0.2, 0) is 13.0 Å². The molecule has 3 rings (SSSR count). The predicted molar refractivity (Wildman–Crippen MR) is 118 cm³/mol. The van der Waals surface area contributed by atoms with Gasteiger partial charge in [-0.25, -0.2) is 4.99 Å². The first-order chi connectivity index (χ1) is 14.0. The van der Waals surface area contributed by atoms with Crippen LogP contribution in [0.5, 0.6) is 0 Å². The Morgan fingerprint density at radius 1 is 1.03 bits per heavy atom. The quantitative estimate of drug-likeness (QED) is 0.495. The van der Waals surface area contributed by atoms with E-state index >= 15 is 0 Å². The summed E-state index contributed by atoms with van der Waals surface area (Å²) in [6.07, 6.45) is 4.43. The first-order valence-corrected chi connectivity index (χ1v) is 9.73. The van der Waals surface area contributed by atoms with E-state index < -0.39 is 0 Å². The lowest BCUT2D eigenvalue weighted by atomic mass is 10.1. The summed E-state index contributed by atoms with van der Waals surface area (Å²) in [5.74, 6) is 0.211. The number of nitrogens with one attached hydrogen (secondary N) is 2. The topological polar surface area (TPSA) is 66.4 Å². The van der Waals surface area contributed by atoms with E-state index in [0.29, 0.717) is 18.1 Å². The molecule has 0 radical (unpaired) electrons. The lowest BCUT2D eigenvalue weighted by molar-refractivity contribution is 0.0977. The number of hydrogen-bond donors (Lipinski definition) is 2. The third-order valence-electron chi connectivity index (χ3n) is 4.64. The zero-order chi connectivity index (χ0) is 20.6. The number of anilines is 1. The van der Waals surface area contributed by atoms with Crippen LogP contribution in [0.15, 0.2) is 72.0 Å². The molecule has 0 saturated heterocycles. The van der Waals surface area contributed by atoms with Gasteiger partial charge in [-0.2, -0.15) is 0 Å². The fourth-order valence-corrected chi connectivity index (χ4v) is 2.84. The second kappa shape index (κ2) is 9.64. The van der Waals surface area contributed by atoms with Crippen molar-refractivity contribution in [3.63, 3.8) is 0 Å². The van der Waals surface area contributed by atoms with Gasteiger partial charge in [-0.15, -0.1) is 0 Å². The highest BCUT2D eigenvalue weighted by Gasteiger charge is 2.11. The number of guanidine groups is 1. The number of rotatable bonds is 5. The summed E-state index contributed by atoms with van der Waals surface area (Å²) >= 11 is 0. The summed E-state index contributed by atoms with van der Waals surface area (Å²) in [5.41, 5.74) is 5.88. The van der Waals surface area contributed by atoms with Crippen molar-refractivity contribution in [2.24, 2.45) is 4.99 Å². The molecule has 5 heteroatoms. The van der Waals surface area contributed by atoms with E-state index in [1.165, 1.54) is 5.56 Å². The van der Waals surface area contributed by atoms with E-state index in [1.807, 2.05) is 62.4 Å². The summed E-state index contributed by atoms with van der Waals surface area (Å²) in [5, 5.41) is 6.19. The summed E-state index contributed by atoms with van der Waals surface area (Å²) in [7, 11) is 0. The van der Waals surface area contributed by atoms with Gasteiger partial charge in [0.05, 0.1) is 6.54 Å². The van der Waals surface area contributed by atoms with Crippen LogP contribution < -0.4 is 10.6 Å². The third kappa shape index (κ3) is 5.75. The zero-order valence-corrected chi connectivity index (χ0v) is 17.1. The number of nitrogens with zero attached hydrogens (tertiary/aromatic N) is 2. The number of carbonyl (C=O) groups excluding carboxylic acids is 1.